The zero-order valence-electron chi connectivity index (χ0n) is 11.6. The first kappa shape index (κ1) is 14.3. The molecule has 4 heteroatoms. The van der Waals surface area contributed by atoms with Gasteiger partial charge in [0.2, 0.25) is 0 Å². The number of rotatable bonds is 2. The van der Waals surface area contributed by atoms with Gasteiger partial charge in [-0.15, -0.1) is 0 Å². The second-order valence-electron chi connectivity index (χ2n) is 5.61. The van der Waals surface area contributed by atoms with E-state index in [1.54, 1.807) is 12.1 Å². The molecule has 1 heterocycles. The maximum absolute atomic E-state index is 12.1. The lowest BCUT2D eigenvalue weighted by atomic mass is 9.80. The quantitative estimate of drug-likeness (QED) is 0.607. The summed E-state index contributed by atoms with van der Waals surface area (Å²) in [7, 11) is 0. The van der Waals surface area contributed by atoms with E-state index in [4.69, 9.17) is 16.3 Å². The van der Waals surface area contributed by atoms with E-state index < -0.39 is 0 Å². The molecular formula is C15H20ClNO2. The van der Waals surface area contributed by atoms with Crippen LogP contribution in [0.1, 0.15) is 49.2 Å². The van der Waals surface area contributed by atoms with Gasteiger partial charge in [0.1, 0.15) is 11.3 Å². The van der Waals surface area contributed by atoms with Crippen molar-refractivity contribution in [3.63, 3.8) is 0 Å². The molecule has 19 heavy (non-hydrogen) atoms. The molecule has 1 aromatic heterocycles. The Labute approximate surface area is 119 Å². The van der Waals surface area contributed by atoms with Crippen LogP contribution in [0.4, 0.5) is 0 Å². The van der Waals surface area contributed by atoms with E-state index in [0.717, 1.165) is 25.0 Å². The highest BCUT2D eigenvalue weighted by Crippen LogP contribution is 2.31. The van der Waals surface area contributed by atoms with Crippen LogP contribution < -0.4 is 0 Å². The number of esters is 1. The van der Waals surface area contributed by atoms with Crippen molar-refractivity contribution in [2.24, 2.45) is 11.8 Å². The monoisotopic (exact) mass is 281 g/mol. The smallest absolute Gasteiger partial charge is 0.338 e. The minimum atomic E-state index is -0.292. The lowest BCUT2D eigenvalue weighted by molar-refractivity contribution is 0.00876. The van der Waals surface area contributed by atoms with Crippen molar-refractivity contribution >= 4 is 17.6 Å². The molecule has 0 saturated heterocycles. The Morgan fingerprint density at radius 2 is 2.05 bits per heavy atom. The predicted molar refractivity (Wildman–Crippen MR) is 75.4 cm³/mol. The maximum atomic E-state index is 12.1. The number of carbonyl (C=O) groups is 1. The summed E-state index contributed by atoms with van der Waals surface area (Å²) in [5.41, 5.74) is 1.22. The van der Waals surface area contributed by atoms with Crippen LogP contribution in [-0.2, 0) is 4.74 Å². The number of hydrogen-bond acceptors (Lipinski definition) is 3. The topological polar surface area (TPSA) is 39.2 Å². The van der Waals surface area contributed by atoms with Crippen molar-refractivity contribution < 1.29 is 9.53 Å². The van der Waals surface area contributed by atoms with Crippen LogP contribution in [0, 0.1) is 18.8 Å². The van der Waals surface area contributed by atoms with E-state index in [2.05, 4.69) is 18.8 Å². The molecule has 3 atom stereocenters. The Morgan fingerprint density at radius 3 is 2.68 bits per heavy atom. The summed E-state index contributed by atoms with van der Waals surface area (Å²) in [6.45, 7) is 6.29. The third kappa shape index (κ3) is 3.69. The highest BCUT2D eigenvalue weighted by Gasteiger charge is 2.27. The van der Waals surface area contributed by atoms with E-state index in [0.29, 0.717) is 22.6 Å². The molecule has 1 fully saturated rings. The Morgan fingerprint density at radius 1 is 1.32 bits per heavy atom. The summed E-state index contributed by atoms with van der Waals surface area (Å²) >= 11 is 5.86. The molecule has 0 spiro atoms. The molecule has 3 unspecified atom stereocenters. The Bertz CT molecular complexity index is 455. The number of halogens is 1. The first-order valence-corrected chi connectivity index (χ1v) is 7.18. The summed E-state index contributed by atoms with van der Waals surface area (Å²) in [4.78, 5) is 16.1. The summed E-state index contributed by atoms with van der Waals surface area (Å²) < 4.78 is 5.58. The van der Waals surface area contributed by atoms with E-state index in [1.807, 2.05) is 6.92 Å². The lowest BCUT2D eigenvalue weighted by Gasteiger charge is -2.31. The minimum Gasteiger partial charge on any atom is -0.459 e. The molecule has 1 aliphatic rings. The summed E-state index contributed by atoms with van der Waals surface area (Å²) in [5.74, 6) is 1.03. The standard InChI is InChI=1S/C15H20ClNO2/c1-9-4-5-13(6-10(9)2)19-15(18)12-7-11(3)17-14(16)8-12/h7-10,13H,4-6H2,1-3H3. The number of aryl methyl sites for hydroxylation is 1. The van der Waals surface area contributed by atoms with Gasteiger partial charge in [-0.2, -0.15) is 0 Å². The summed E-state index contributed by atoms with van der Waals surface area (Å²) in [6, 6.07) is 3.27. The van der Waals surface area contributed by atoms with Gasteiger partial charge in [0, 0.05) is 5.69 Å². The van der Waals surface area contributed by atoms with Gasteiger partial charge >= 0.3 is 5.97 Å². The molecule has 3 nitrogen and oxygen atoms in total. The van der Waals surface area contributed by atoms with Gasteiger partial charge in [0.05, 0.1) is 5.56 Å². The number of ether oxygens (including phenoxy) is 1. The van der Waals surface area contributed by atoms with Crippen LogP contribution in [0.3, 0.4) is 0 Å². The number of carbonyl (C=O) groups excluding carboxylic acids is 1. The van der Waals surface area contributed by atoms with Crippen LogP contribution in [0.25, 0.3) is 0 Å². The third-order valence-electron chi connectivity index (χ3n) is 3.98. The second kappa shape index (κ2) is 5.91. The van der Waals surface area contributed by atoms with Crippen LogP contribution in [0.2, 0.25) is 5.15 Å². The predicted octanol–water partition coefficient (Wildman–Crippen LogP) is 4.02. The van der Waals surface area contributed by atoms with Crippen LogP contribution in [-0.4, -0.2) is 17.1 Å². The zero-order chi connectivity index (χ0) is 14.0. The average molecular weight is 282 g/mol. The highest BCUT2D eigenvalue weighted by molar-refractivity contribution is 6.29. The van der Waals surface area contributed by atoms with Gasteiger partial charge in [-0.25, -0.2) is 9.78 Å². The molecular weight excluding hydrogens is 262 g/mol. The maximum Gasteiger partial charge on any atom is 0.338 e. The molecule has 0 amide bonds. The number of pyridine rings is 1. The second-order valence-corrected chi connectivity index (χ2v) is 6.00. The molecule has 0 aromatic carbocycles. The van der Waals surface area contributed by atoms with E-state index in [1.165, 1.54) is 0 Å². The van der Waals surface area contributed by atoms with E-state index in [-0.39, 0.29) is 12.1 Å². The fraction of sp³-hybridized carbons (Fsp3) is 0.600. The van der Waals surface area contributed by atoms with Crippen molar-refractivity contribution in [2.45, 2.75) is 46.1 Å². The van der Waals surface area contributed by atoms with Crippen LogP contribution in [0.5, 0.6) is 0 Å². The molecule has 1 aromatic rings. The first-order chi connectivity index (χ1) is 8.95. The van der Waals surface area contributed by atoms with Gasteiger partial charge in [0.25, 0.3) is 0 Å². The van der Waals surface area contributed by atoms with Crippen molar-refractivity contribution in [3.05, 3.63) is 28.5 Å². The van der Waals surface area contributed by atoms with Gasteiger partial charge in [0.15, 0.2) is 0 Å². The fourth-order valence-electron chi connectivity index (χ4n) is 2.57. The summed E-state index contributed by atoms with van der Waals surface area (Å²) in [5, 5.41) is 0.331. The molecule has 2 rings (SSSR count). The molecule has 1 aliphatic carbocycles. The molecule has 0 radical (unpaired) electrons. The Balaban J connectivity index is 2.01. The van der Waals surface area contributed by atoms with Gasteiger partial charge < -0.3 is 4.74 Å². The largest absolute Gasteiger partial charge is 0.459 e. The van der Waals surface area contributed by atoms with Crippen molar-refractivity contribution in [3.8, 4) is 0 Å². The molecule has 0 bridgehead atoms. The number of aromatic nitrogens is 1. The zero-order valence-corrected chi connectivity index (χ0v) is 12.4. The Kier molecular flexibility index (Phi) is 4.46. The molecule has 0 aliphatic heterocycles. The third-order valence-corrected chi connectivity index (χ3v) is 4.18. The van der Waals surface area contributed by atoms with Crippen LogP contribution in [0.15, 0.2) is 12.1 Å². The fourth-order valence-corrected chi connectivity index (χ4v) is 2.82. The SMILES string of the molecule is Cc1cc(C(=O)OC2CCC(C)C(C)C2)cc(Cl)n1. The number of nitrogens with zero attached hydrogens (tertiary/aromatic N) is 1. The normalized spacial score (nSPS) is 27.1. The lowest BCUT2D eigenvalue weighted by Crippen LogP contribution is -2.28. The molecule has 0 N–H and O–H groups in total. The first-order valence-electron chi connectivity index (χ1n) is 6.81. The molecule has 104 valence electrons. The van der Waals surface area contributed by atoms with E-state index >= 15 is 0 Å². The number of hydrogen-bond donors (Lipinski definition) is 0. The minimum absolute atomic E-state index is 0.0333. The average Bonchev–Trinajstić information content (AvgIpc) is 2.32. The van der Waals surface area contributed by atoms with Crippen LogP contribution >= 0.6 is 11.6 Å². The van der Waals surface area contributed by atoms with Crippen molar-refractivity contribution in [2.75, 3.05) is 0 Å². The van der Waals surface area contributed by atoms with Gasteiger partial charge in [-0.3, -0.25) is 0 Å². The van der Waals surface area contributed by atoms with Crippen molar-refractivity contribution in [1.29, 1.82) is 0 Å². The van der Waals surface area contributed by atoms with Gasteiger partial charge in [-0.05, 0) is 50.2 Å². The Hall–Kier alpha value is -1.09. The molecule has 1 saturated carbocycles. The van der Waals surface area contributed by atoms with Crippen molar-refractivity contribution in [1.82, 2.24) is 4.98 Å². The van der Waals surface area contributed by atoms with Gasteiger partial charge in [-0.1, -0.05) is 25.4 Å². The van der Waals surface area contributed by atoms with E-state index in [9.17, 15) is 4.79 Å². The summed E-state index contributed by atoms with van der Waals surface area (Å²) in [6.07, 6.45) is 3.06. The highest BCUT2D eigenvalue weighted by atomic mass is 35.5.